The van der Waals surface area contributed by atoms with Crippen LogP contribution in [0.15, 0.2) is 36.4 Å². The zero-order valence-electron chi connectivity index (χ0n) is 8.54. The van der Waals surface area contributed by atoms with Crippen LogP contribution in [0.25, 0.3) is 0 Å². The fourth-order valence-electron chi connectivity index (χ4n) is 1.34. The van der Waals surface area contributed by atoms with Crippen molar-refractivity contribution in [3.05, 3.63) is 47.5 Å². The van der Waals surface area contributed by atoms with Crippen molar-refractivity contribution >= 4 is 0 Å². The van der Waals surface area contributed by atoms with E-state index in [1.165, 1.54) is 11.1 Å². The van der Waals surface area contributed by atoms with Crippen LogP contribution < -0.4 is 5.32 Å². The van der Waals surface area contributed by atoms with Gasteiger partial charge >= 0.3 is 0 Å². The Hall–Kier alpha value is -1.08. The molecular weight excluding hydrogens is 158 g/mol. The van der Waals surface area contributed by atoms with Gasteiger partial charge in [-0.05, 0) is 26.5 Å². The third-order valence-corrected chi connectivity index (χ3v) is 2.13. The lowest BCUT2D eigenvalue weighted by atomic mass is 10.1. The van der Waals surface area contributed by atoms with Crippen LogP contribution in [0.1, 0.15) is 24.1 Å². The van der Waals surface area contributed by atoms with Crippen molar-refractivity contribution in [3.8, 4) is 0 Å². The Labute approximate surface area is 80.5 Å². The van der Waals surface area contributed by atoms with Crippen LogP contribution in [0.4, 0.5) is 0 Å². The maximum atomic E-state index is 3.25. The Bertz CT molecular complexity index is 272. The first-order valence-corrected chi connectivity index (χ1v) is 4.64. The molecule has 1 atom stereocenters. The predicted octanol–water partition coefficient (Wildman–Crippen LogP) is 2.83. The first-order valence-electron chi connectivity index (χ1n) is 4.64. The molecule has 1 aromatic rings. The van der Waals surface area contributed by atoms with E-state index in [1.807, 2.05) is 14.0 Å². The van der Waals surface area contributed by atoms with Gasteiger partial charge in [-0.3, -0.25) is 0 Å². The normalized spacial score (nSPS) is 13.5. The van der Waals surface area contributed by atoms with Crippen LogP contribution in [0, 0.1) is 6.92 Å². The second-order valence-electron chi connectivity index (χ2n) is 3.20. The summed E-state index contributed by atoms with van der Waals surface area (Å²) in [6.07, 6.45) is 4.23. The number of rotatable bonds is 3. The minimum atomic E-state index is 0.339. The Balaban J connectivity index is 2.85. The van der Waals surface area contributed by atoms with E-state index in [-0.39, 0.29) is 0 Å². The maximum absolute atomic E-state index is 3.25. The van der Waals surface area contributed by atoms with Gasteiger partial charge in [0.25, 0.3) is 0 Å². The zero-order chi connectivity index (χ0) is 9.68. The van der Waals surface area contributed by atoms with Crippen LogP contribution >= 0.6 is 0 Å². The topological polar surface area (TPSA) is 12.0 Å². The number of allylic oxidation sites excluding steroid dienone is 1. The van der Waals surface area contributed by atoms with Crippen molar-refractivity contribution < 1.29 is 0 Å². The van der Waals surface area contributed by atoms with Crippen LogP contribution in [0.2, 0.25) is 0 Å². The molecule has 0 amide bonds. The molecule has 70 valence electrons. The van der Waals surface area contributed by atoms with Gasteiger partial charge in [0.2, 0.25) is 0 Å². The third kappa shape index (κ3) is 2.71. The van der Waals surface area contributed by atoms with Gasteiger partial charge in [-0.2, -0.15) is 0 Å². The molecule has 0 aliphatic heterocycles. The zero-order valence-corrected chi connectivity index (χ0v) is 8.54. The highest BCUT2D eigenvalue weighted by Crippen LogP contribution is 2.14. The number of likely N-dealkylation sites (N-methyl/N-ethyl adjacent to an activating group) is 1. The summed E-state index contributed by atoms with van der Waals surface area (Å²) in [5, 5.41) is 3.25. The van der Waals surface area contributed by atoms with Crippen LogP contribution in [-0.4, -0.2) is 7.05 Å². The number of nitrogens with one attached hydrogen (secondary N) is 1. The number of hydrogen-bond donors (Lipinski definition) is 1. The lowest BCUT2D eigenvalue weighted by molar-refractivity contribution is 0.714. The second kappa shape index (κ2) is 4.83. The Morgan fingerprint density at radius 1 is 1.23 bits per heavy atom. The van der Waals surface area contributed by atoms with E-state index in [4.69, 9.17) is 0 Å². The van der Waals surface area contributed by atoms with Crippen molar-refractivity contribution in [2.24, 2.45) is 0 Å². The van der Waals surface area contributed by atoms with E-state index >= 15 is 0 Å². The molecule has 1 nitrogen and oxygen atoms in total. The SMILES string of the molecule is C/C=C/C(NC)c1ccc(C)cc1. The summed E-state index contributed by atoms with van der Waals surface area (Å²) < 4.78 is 0. The fraction of sp³-hybridized carbons (Fsp3) is 0.333. The largest absolute Gasteiger partial charge is 0.310 e. The first kappa shape index (κ1) is 10.0. The molecule has 1 unspecified atom stereocenters. The van der Waals surface area contributed by atoms with Gasteiger partial charge in [0.05, 0.1) is 6.04 Å². The Kier molecular flexibility index (Phi) is 3.71. The lowest BCUT2D eigenvalue weighted by Crippen LogP contribution is -2.13. The van der Waals surface area contributed by atoms with Crippen molar-refractivity contribution in [1.29, 1.82) is 0 Å². The highest BCUT2D eigenvalue weighted by molar-refractivity contribution is 5.26. The average Bonchev–Trinajstić information content (AvgIpc) is 2.16. The van der Waals surface area contributed by atoms with E-state index in [2.05, 4.69) is 48.7 Å². The number of benzene rings is 1. The Morgan fingerprint density at radius 3 is 2.31 bits per heavy atom. The summed E-state index contributed by atoms with van der Waals surface area (Å²) in [7, 11) is 1.98. The van der Waals surface area contributed by atoms with E-state index in [0.717, 1.165) is 0 Å². The van der Waals surface area contributed by atoms with E-state index in [1.54, 1.807) is 0 Å². The molecule has 0 spiro atoms. The van der Waals surface area contributed by atoms with Gasteiger partial charge in [-0.1, -0.05) is 42.0 Å². The van der Waals surface area contributed by atoms with E-state index in [9.17, 15) is 0 Å². The smallest absolute Gasteiger partial charge is 0.0503 e. The number of aryl methyl sites for hydroxylation is 1. The molecule has 0 radical (unpaired) electrons. The summed E-state index contributed by atoms with van der Waals surface area (Å²) in [6.45, 7) is 4.15. The van der Waals surface area contributed by atoms with E-state index < -0.39 is 0 Å². The molecule has 0 aliphatic carbocycles. The summed E-state index contributed by atoms with van der Waals surface area (Å²) >= 11 is 0. The molecule has 0 aromatic heterocycles. The van der Waals surface area contributed by atoms with Gasteiger partial charge in [0.15, 0.2) is 0 Å². The maximum Gasteiger partial charge on any atom is 0.0503 e. The van der Waals surface area contributed by atoms with Gasteiger partial charge in [-0.25, -0.2) is 0 Å². The minimum Gasteiger partial charge on any atom is -0.310 e. The van der Waals surface area contributed by atoms with Crippen molar-refractivity contribution in [1.82, 2.24) is 5.32 Å². The van der Waals surface area contributed by atoms with Crippen molar-refractivity contribution in [2.75, 3.05) is 7.05 Å². The molecule has 1 aromatic carbocycles. The van der Waals surface area contributed by atoms with Crippen molar-refractivity contribution in [3.63, 3.8) is 0 Å². The van der Waals surface area contributed by atoms with E-state index in [0.29, 0.717) is 6.04 Å². The van der Waals surface area contributed by atoms with Crippen LogP contribution in [0.5, 0.6) is 0 Å². The second-order valence-corrected chi connectivity index (χ2v) is 3.20. The quantitative estimate of drug-likeness (QED) is 0.696. The molecule has 0 saturated carbocycles. The summed E-state index contributed by atoms with van der Waals surface area (Å²) in [5.41, 5.74) is 2.62. The molecule has 0 heterocycles. The van der Waals surface area contributed by atoms with Crippen LogP contribution in [-0.2, 0) is 0 Å². The highest BCUT2D eigenvalue weighted by Gasteiger charge is 2.02. The monoisotopic (exact) mass is 175 g/mol. The van der Waals surface area contributed by atoms with Gasteiger partial charge in [-0.15, -0.1) is 0 Å². The molecule has 1 heteroatoms. The van der Waals surface area contributed by atoms with Gasteiger partial charge in [0.1, 0.15) is 0 Å². The van der Waals surface area contributed by atoms with Gasteiger partial charge in [0, 0.05) is 0 Å². The Morgan fingerprint density at radius 2 is 1.85 bits per heavy atom. The standard InChI is InChI=1S/C12H17N/c1-4-5-12(13-3)11-8-6-10(2)7-9-11/h4-9,12-13H,1-3H3/b5-4+. The molecule has 0 bridgehead atoms. The number of hydrogen-bond acceptors (Lipinski definition) is 1. The molecule has 0 fully saturated rings. The molecule has 0 aliphatic rings. The first-order chi connectivity index (χ1) is 6.27. The summed E-state index contributed by atoms with van der Waals surface area (Å²) in [4.78, 5) is 0. The summed E-state index contributed by atoms with van der Waals surface area (Å²) in [5.74, 6) is 0. The van der Waals surface area contributed by atoms with Gasteiger partial charge < -0.3 is 5.32 Å². The fourth-order valence-corrected chi connectivity index (χ4v) is 1.34. The molecule has 1 rings (SSSR count). The minimum absolute atomic E-state index is 0.339. The average molecular weight is 175 g/mol. The molecule has 1 N–H and O–H groups in total. The third-order valence-electron chi connectivity index (χ3n) is 2.13. The highest BCUT2D eigenvalue weighted by atomic mass is 14.9. The summed E-state index contributed by atoms with van der Waals surface area (Å²) in [6, 6.07) is 8.95. The molecule has 13 heavy (non-hydrogen) atoms. The van der Waals surface area contributed by atoms with Crippen molar-refractivity contribution in [2.45, 2.75) is 19.9 Å². The molecular formula is C12H17N. The predicted molar refractivity (Wildman–Crippen MR) is 57.8 cm³/mol. The molecule has 0 saturated heterocycles. The van der Waals surface area contributed by atoms with Crippen LogP contribution in [0.3, 0.4) is 0 Å². The lowest BCUT2D eigenvalue weighted by Gasteiger charge is -2.11.